The molecule has 0 N–H and O–H groups in total. The molecule has 0 fully saturated rings. The number of hydrogen-bond acceptors (Lipinski definition) is 1. The van der Waals surface area contributed by atoms with Gasteiger partial charge in [0.25, 0.3) is 0 Å². The molecule has 0 saturated heterocycles. The van der Waals surface area contributed by atoms with Gasteiger partial charge in [0, 0.05) is 50.2 Å². The number of fused-ring (bicyclic) bond motifs is 6. The molecule has 0 unspecified atom stereocenters. The number of benzene rings is 6. The minimum absolute atomic E-state index is 0.963. The molecule has 0 aliphatic rings. The van der Waals surface area contributed by atoms with Crippen LogP contribution in [0.25, 0.3) is 77.4 Å². The van der Waals surface area contributed by atoms with Crippen LogP contribution in [-0.4, -0.2) is 14.1 Å². The van der Waals surface area contributed by atoms with Crippen molar-refractivity contribution < 1.29 is 0 Å². The van der Waals surface area contributed by atoms with Crippen LogP contribution in [0.15, 0.2) is 164 Å². The third kappa shape index (κ3) is 3.73. The highest BCUT2D eigenvalue weighted by atomic mass is 15.0. The van der Waals surface area contributed by atoms with E-state index in [0.717, 1.165) is 39.1 Å². The SMILES string of the molecule is c1ccc(-c2ccc(-n3c4ccccc4c4cccc(-c5cnc6c(c5)c5ccccc5n6-c5ccccc5)c43)cc2)cc1. The number of aromatic nitrogens is 3. The average Bonchev–Trinajstić information content (AvgIpc) is 3.62. The van der Waals surface area contributed by atoms with Gasteiger partial charge in [0.15, 0.2) is 0 Å². The molecule has 44 heavy (non-hydrogen) atoms. The van der Waals surface area contributed by atoms with Crippen molar-refractivity contribution in [3.8, 4) is 33.6 Å². The Balaban J connectivity index is 1.29. The van der Waals surface area contributed by atoms with Gasteiger partial charge in [-0.05, 0) is 53.6 Å². The van der Waals surface area contributed by atoms with Crippen molar-refractivity contribution in [2.45, 2.75) is 0 Å². The first-order valence-electron chi connectivity index (χ1n) is 15.0. The quantitative estimate of drug-likeness (QED) is 0.210. The predicted molar refractivity (Wildman–Crippen MR) is 184 cm³/mol. The molecule has 3 heteroatoms. The Morgan fingerprint density at radius 2 is 0.955 bits per heavy atom. The summed E-state index contributed by atoms with van der Waals surface area (Å²) in [7, 11) is 0. The largest absolute Gasteiger partial charge is 0.309 e. The fourth-order valence-electron chi connectivity index (χ4n) is 6.78. The summed E-state index contributed by atoms with van der Waals surface area (Å²) in [6.45, 7) is 0. The van der Waals surface area contributed by atoms with Crippen LogP contribution in [0.5, 0.6) is 0 Å². The van der Waals surface area contributed by atoms with Crippen molar-refractivity contribution >= 4 is 43.7 Å². The highest BCUT2D eigenvalue weighted by Crippen LogP contribution is 2.40. The lowest BCUT2D eigenvalue weighted by molar-refractivity contribution is 1.14. The van der Waals surface area contributed by atoms with E-state index in [0.29, 0.717) is 0 Å². The van der Waals surface area contributed by atoms with Crippen molar-refractivity contribution in [3.63, 3.8) is 0 Å². The van der Waals surface area contributed by atoms with E-state index in [4.69, 9.17) is 4.98 Å². The van der Waals surface area contributed by atoms with Gasteiger partial charge in [-0.25, -0.2) is 4.98 Å². The van der Waals surface area contributed by atoms with E-state index in [1.54, 1.807) is 0 Å². The molecule has 3 nitrogen and oxygen atoms in total. The molecule has 0 aliphatic carbocycles. The molecule has 3 heterocycles. The maximum Gasteiger partial charge on any atom is 0.145 e. The lowest BCUT2D eigenvalue weighted by Gasteiger charge is -2.13. The molecule has 6 aromatic carbocycles. The molecule has 0 bridgehead atoms. The third-order valence-electron chi connectivity index (χ3n) is 8.77. The Morgan fingerprint density at radius 3 is 1.70 bits per heavy atom. The van der Waals surface area contributed by atoms with Gasteiger partial charge in [-0.1, -0.05) is 115 Å². The lowest BCUT2D eigenvalue weighted by Crippen LogP contribution is -1.97. The van der Waals surface area contributed by atoms with E-state index >= 15 is 0 Å². The second-order valence-corrected chi connectivity index (χ2v) is 11.3. The smallest absolute Gasteiger partial charge is 0.145 e. The molecule has 0 amide bonds. The second kappa shape index (κ2) is 9.82. The zero-order valence-corrected chi connectivity index (χ0v) is 23.9. The first-order valence-corrected chi connectivity index (χ1v) is 15.0. The Kier molecular flexibility index (Phi) is 5.50. The van der Waals surface area contributed by atoms with Crippen LogP contribution in [0.1, 0.15) is 0 Å². The molecule has 0 aliphatic heterocycles. The van der Waals surface area contributed by atoms with E-state index in [9.17, 15) is 0 Å². The molecule has 0 saturated carbocycles. The van der Waals surface area contributed by atoms with Crippen LogP contribution >= 0.6 is 0 Å². The van der Waals surface area contributed by atoms with E-state index in [1.807, 2.05) is 6.20 Å². The van der Waals surface area contributed by atoms with E-state index in [1.165, 1.54) is 38.3 Å². The highest BCUT2D eigenvalue weighted by Gasteiger charge is 2.19. The normalized spacial score (nSPS) is 11.6. The van der Waals surface area contributed by atoms with Crippen molar-refractivity contribution in [1.82, 2.24) is 14.1 Å². The van der Waals surface area contributed by atoms with Crippen molar-refractivity contribution in [1.29, 1.82) is 0 Å². The van der Waals surface area contributed by atoms with Crippen LogP contribution in [0.3, 0.4) is 0 Å². The highest BCUT2D eigenvalue weighted by molar-refractivity contribution is 6.15. The van der Waals surface area contributed by atoms with Gasteiger partial charge in [-0.2, -0.15) is 0 Å². The van der Waals surface area contributed by atoms with Crippen molar-refractivity contribution in [2.24, 2.45) is 0 Å². The van der Waals surface area contributed by atoms with Gasteiger partial charge in [0.1, 0.15) is 5.65 Å². The van der Waals surface area contributed by atoms with Gasteiger partial charge in [-0.3, -0.25) is 4.57 Å². The van der Waals surface area contributed by atoms with Crippen LogP contribution in [-0.2, 0) is 0 Å². The number of nitrogens with zero attached hydrogens (tertiary/aromatic N) is 3. The zero-order chi connectivity index (χ0) is 29.0. The standard InChI is InChI=1S/C41H27N3/c1-3-12-28(13-4-1)29-22-24-32(25-23-29)43-38-20-9-7-16-34(38)36-19-11-18-33(40(36)43)30-26-37-35-17-8-10-21-39(35)44(41(37)42-27-30)31-14-5-2-6-15-31/h1-27H. The van der Waals surface area contributed by atoms with E-state index in [2.05, 4.69) is 167 Å². The number of para-hydroxylation sites is 4. The van der Waals surface area contributed by atoms with Crippen LogP contribution in [0, 0.1) is 0 Å². The Labute approximate surface area is 254 Å². The summed E-state index contributed by atoms with van der Waals surface area (Å²) in [5.41, 5.74) is 11.4. The van der Waals surface area contributed by atoms with Crippen molar-refractivity contribution in [2.75, 3.05) is 0 Å². The summed E-state index contributed by atoms with van der Waals surface area (Å²) >= 11 is 0. The minimum atomic E-state index is 0.963. The number of rotatable bonds is 4. The maximum atomic E-state index is 5.13. The monoisotopic (exact) mass is 561 g/mol. The van der Waals surface area contributed by atoms with Gasteiger partial charge < -0.3 is 4.57 Å². The second-order valence-electron chi connectivity index (χ2n) is 11.3. The fraction of sp³-hybridized carbons (Fsp3) is 0. The number of hydrogen-bond donors (Lipinski definition) is 0. The molecule has 0 atom stereocenters. The third-order valence-corrected chi connectivity index (χ3v) is 8.77. The zero-order valence-electron chi connectivity index (χ0n) is 23.9. The molecule has 0 spiro atoms. The molecular weight excluding hydrogens is 534 g/mol. The lowest BCUT2D eigenvalue weighted by atomic mass is 10.0. The molecule has 0 radical (unpaired) electrons. The minimum Gasteiger partial charge on any atom is -0.309 e. The summed E-state index contributed by atoms with van der Waals surface area (Å²) in [6, 6.07) is 56.2. The van der Waals surface area contributed by atoms with Crippen molar-refractivity contribution in [3.05, 3.63) is 164 Å². The molecule has 206 valence electrons. The average molecular weight is 562 g/mol. The topological polar surface area (TPSA) is 22.8 Å². The van der Waals surface area contributed by atoms with E-state index < -0.39 is 0 Å². The van der Waals surface area contributed by atoms with E-state index in [-0.39, 0.29) is 0 Å². The Morgan fingerprint density at radius 1 is 0.386 bits per heavy atom. The summed E-state index contributed by atoms with van der Waals surface area (Å²) in [6.07, 6.45) is 2.04. The van der Waals surface area contributed by atoms with Crippen LogP contribution in [0.4, 0.5) is 0 Å². The Bertz CT molecular complexity index is 2470. The van der Waals surface area contributed by atoms with Crippen LogP contribution < -0.4 is 0 Å². The summed E-state index contributed by atoms with van der Waals surface area (Å²) in [4.78, 5) is 5.13. The Hall–Kier alpha value is -5.93. The molecule has 3 aromatic heterocycles. The first kappa shape index (κ1) is 24.6. The first-order chi connectivity index (χ1) is 21.8. The predicted octanol–water partition coefficient (Wildman–Crippen LogP) is 10.6. The maximum absolute atomic E-state index is 5.13. The summed E-state index contributed by atoms with van der Waals surface area (Å²) in [5.74, 6) is 0. The van der Waals surface area contributed by atoms with Gasteiger partial charge in [-0.15, -0.1) is 0 Å². The van der Waals surface area contributed by atoms with Gasteiger partial charge in [0.05, 0.1) is 16.6 Å². The summed E-state index contributed by atoms with van der Waals surface area (Å²) in [5, 5.41) is 4.82. The molecule has 9 rings (SSSR count). The summed E-state index contributed by atoms with van der Waals surface area (Å²) < 4.78 is 4.67. The van der Waals surface area contributed by atoms with Gasteiger partial charge in [0.2, 0.25) is 0 Å². The van der Waals surface area contributed by atoms with Crippen LogP contribution in [0.2, 0.25) is 0 Å². The molecule has 9 aromatic rings. The molecular formula is C41H27N3. The van der Waals surface area contributed by atoms with Gasteiger partial charge >= 0.3 is 0 Å². The number of pyridine rings is 1. The fourth-order valence-corrected chi connectivity index (χ4v) is 6.78.